The fourth-order valence-corrected chi connectivity index (χ4v) is 6.44. The number of hydrogen-bond acceptors (Lipinski definition) is 3. The van der Waals surface area contributed by atoms with Gasteiger partial charge in [-0.15, -0.1) is 0 Å². The van der Waals surface area contributed by atoms with E-state index in [0.29, 0.717) is 17.5 Å². The first-order chi connectivity index (χ1) is 17.1. The lowest BCUT2D eigenvalue weighted by Crippen LogP contribution is -2.48. The molecule has 4 nitrogen and oxygen atoms in total. The molecule has 188 valence electrons. The summed E-state index contributed by atoms with van der Waals surface area (Å²) in [7, 11) is 0. The van der Waals surface area contributed by atoms with Gasteiger partial charge in [-0.25, -0.2) is 4.79 Å². The predicted octanol–water partition coefficient (Wildman–Crippen LogP) is 6.45. The first kappa shape index (κ1) is 24.6. The second kappa shape index (κ2) is 9.08. The van der Waals surface area contributed by atoms with Crippen LogP contribution in [0.4, 0.5) is 5.69 Å². The highest BCUT2D eigenvalue weighted by molar-refractivity contribution is 5.87. The second-order valence-electron chi connectivity index (χ2n) is 12.1. The van der Waals surface area contributed by atoms with Gasteiger partial charge in [-0.05, 0) is 66.1 Å². The molecule has 1 fully saturated rings. The average molecular weight is 483 g/mol. The van der Waals surface area contributed by atoms with Gasteiger partial charge in [0, 0.05) is 42.7 Å². The van der Waals surface area contributed by atoms with E-state index in [1.54, 1.807) is 12.1 Å². The molecule has 1 spiro atoms. The van der Waals surface area contributed by atoms with Crippen molar-refractivity contribution >= 4 is 11.7 Å². The van der Waals surface area contributed by atoms with E-state index in [-0.39, 0.29) is 10.8 Å². The number of benzene rings is 3. The van der Waals surface area contributed by atoms with Crippen molar-refractivity contribution in [2.45, 2.75) is 65.0 Å². The van der Waals surface area contributed by atoms with Gasteiger partial charge in [0.2, 0.25) is 0 Å². The molecule has 1 saturated heterocycles. The number of aromatic carboxylic acids is 1. The summed E-state index contributed by atoms with van der Waals surface area (Å²) in [6.07, 6.45) is 1.10. The molecule has 0 radical (unpaired) electrons. The molecule has 2 heterocycles. The van der Waals surface area contributed by atoms with Gasteiger partial charge in [0.25, 0.3) is 0 Å². The number of carboxylic acid groups (broad SMARTS) is 1. The first-order valence-electron chi connectivity index (χ1n) is 13.0. The molecule has 0 aliphatic carbocycles. The van der Waals surface area contributed by atoms with Crippen molar-refractivity contribution in [2.24, 2.45) is 5.41 Å². The van der Waals surface area contributed by atoms with Crippen molar-refractivity contribution in [1.82, 2.24) is 5.32 Å². The third kappa shape index (κ3) is 4.43. The highest BCUT2D eigenvalue weighted by Crippen LogP contribution is 2.55. The number of carboxylic acids is 1. The fraction of sp³-hybridized carbons (Fsp3) is 0.406. The van der Waals surface area contributed by atoms with Crippen LogP contribution in [-0.4, -0.2) is 30.2 Å². The van der Waals surface area contributed by atoms with Crippen LogP contribution >= 0.6 is 0 Å². The van der Waals surface area contributed by atoms with E-state index in [2.05, 4.69) is 87.3 Å². The fourth-order valence-electron chi connectivity index (χ4n) is 6.44. The molecule has 3 aromatic carbocycles. The normalized spacial score (nSPS) is 23.3. The Hall–Kier alpha value is -3.11. The molecule has 2 aliphatic rings. The monoisotopic (exact) mass is 482 g/mol. The molecule has 0 unspecified atom stereocenters. The Bertz CT molecular complexity index is 1260. The van der Waals surface area contributed by atoms with E-state index in [1.165, 1.54) is 27.9 Å². The van der Waals surface area contributed by atoms with Crippen molar-refractivity contribution < 1.29 is 9.90 Å². The van der Waals surface area contributed by atoms with Crippen molar-refractivity contribution in [1.29, 1.82) is 0 Å². The number of fused-ring (bicyclic) bond motifs is 2. The molecule has 2 N–H and O–H groups in total. The quantitative estimate of drug-likeness (QED) is 0.439. The summed E-state index contributed by atoms with van der Waals surface area (Å²) in [5, 5.41) is 13.3. The number of hydrogen-bond donors (Lipinski definition) is 2. The Labute approximate surface area is 215 Å². The van der Waals surface area contributed by atoms with Crippen molar-refractivity contribution in [3.05, 3.63) is 100 Å². The van der Waals surface area contributed by atoms with Crippen LogP contribution in [0, 0.1) is 19.3 Å². The van der Waals surface area contributed by atoms with Crippen LogP contribution in [0.2, 0.25) is 0 Å². The first-order valence-corrected chi connectivity index (χ1v) is 13.0. The van der Waals surface area contributed by atoms with E-state index < -0.39 is 5.97 Å². The third-order valence-corrected chi connectivity index (χ3v) is 8.13. The minimum absolute atomic E-state index is 0.0351. The van der Waals surface area contributed by atoms with Crippen LogP contribution in [0.25, 0.3) is 0 Å². The van der Waals surface area contributed by atoms with Crippen molar-refractivity contribution in [3.63, 3.8) is 0 Å². The van der Waals surface area contributed by atoms with Gasteiger partial charge in [0.1, 0.15) is 0 Å². The zero-order valence-corrected chi connectivity index (χ0v) is 22.1. The molecule has 2 aliphatic heterocycles. The van der Waals surface area contributed by atoms with Crippen LogP contribution in [0.5, 0.6) is 0 Å². The van der Waals surface area contributed by atoms with Gasteiger partial charge in [0.05, 0.1) is 5.56 Å². The number of nitrogens with zero attached hydrogens (tertiary/aromatic N) is 1. The molecule has 0 bridgehead atoms. The number of aryl methyl sites for hydroxylation is 2. The summed E-state index contributed by atoms with van der Waals surface area (Å²) in [6.45, 7) is 14.0. The summed E-state index contributed by atoms with van der Waals surface area (Å²) < 4.78 is 0. The van der Waals surface area contributed by atoms with Crippen LogP contribution in [-0.2, 0) is 12.0 Å². The lowest BCUT2D eigenvalue weighted by atomic mass is 9.64. The Kier molecular flexibility index (Phi) is 6.20. The Morgan fingerprint density at radius 1 is 1.00 bits per heavy atom. The maximum atomic E-state index is 11.4. The lowest BCUT2D eigenvalue weighted by molar-refractivity contribution is 0.0697. The molecule has 4 heteroatoms. The smallest absolute Gasteiger partial charge is 0.335 e. The van der Waals surface area contributed by atoms with Gasteiger partial charge in [-0.3, -0.25) is 0 Å². The van der Waals surface area contributed by atoms with E-state index >= 15 is 0 Å². The van der Waals surface area contributed by atoms with Crippen LogP contribution in [0.1, 0.15) is 71.3 Å². The molecule has 36 heavy (non-hydrogen) atoms. The van der Waals surface area contributed by atoms with Gasteiger partial charge in [-0.2, -0.15) is 0 Å². The highest BCUT2D eigenvalue weighted by atomic mass is 16.4. The summed E-state index contributed by atoms with van der Waals surface area (Å²) in [4.78, 5) is 13.9. The standard InChI is InChI=1S/C32H38N2O2/c1-21-6-11-24(12-7-21)27-18-33-29(17-31(3,4)5)32(27)20-34(28-16-22(2)8-15-26(28)32)19-23-9-13-25(14-10-23)30(35)36/h6-16,27,29,33H,17-20H2,1-5H3,(H,35,36)/t27-,29+,32-/m1/s1. The Balaban J connectivity index is 1.60. The Morgan fingerprint density at radius 2 is 1.67 bits per heavy atom. The summed E-state index contributed by atoms with van der Waals surface area (Å²) >= 11 is 0. The molecule has 0 saturated carbocycles. The molecule has 3 atom stereocenters. The highest BCUT2D eigenvalue weighted by Gasteiger charge is 2.57. The molecular weight excluding hydrogens is 444 g/mol. The minimum atomic E-state index is -0.884. The van der Waals surface area contributed by atoms with Crippen molar-refractivity contribution in [2.75, 3.05) is 18.0 Å². The summed E-state index contributed by atoms with van der Waals surface area (Å²) in [6, 6.07) is 23.8. The molecular formula is C32H38N2O2. The molecule has 3 aromatic rings. The largest absolute Gasteiger partial charge is 0.478 e. The number of nitrogens with one attached hydrogen (secondary N) is 1. The van der Waals surface area contributed by atoms with E-state index in [1.807, 2.05) is 12.1 Å². The Morgan fingerprint density at radius 3 is 2.31 bits per heavy atom. The van der Waals surface area contributed by atoms with Gasteiger partial charge >= 0.3 is 5.97 Å². The topological polar surface area (TPSA) is 52.6 Å². The maximum absolute atomic E-state index is 11.4. The maximum Gasteiger partial charge on any atom is 0.335 e. The van der Waals surface area contributed by atoms with Gasteiger partial charge in [-0.1, -0.05) is 74.9 Å². The average Bonchev–Trinajstić information content (AvgIpc) is 3.32. The SMILES string of the molecule is Cc1ccc([C@H]2CN[C@@H](CC(C)(C)C)[C@@]23CN(Cc2ccc(C(=O)O)cc2)c2cc(C)ccc23)cc1. The molecule has 5 rings (SSSR count). The second-order valence-corrected chi connectivity index (χ2v) is 12.1. The number of anilines is 1. The van der Waals surface area contributed by atoms with E-state index in [4.69, 9.17) is 0 Å². The summed E-state index contributed by atoms with van der Waals surface area (Å²) in [5.41, 5.74) is 8.36. The molecule has 0 aromatic heterocycles. The molecule has 0 amide bonds. The zero-order chi connectivity index (χ0) is 25.7. The van der Waals surface area contributed by atoms with Gasteiger partial charge in [0.15, 0.2) is 0 Å². The predicted molar refractivity (Wildman–Crippen MR) is 147 cm³/mol. The minimum Gasteiger partial charge on any atom is -0.478 e. The van der Waals surface area contributed by atoms with Crippen LogP contribution in [0.3, 0.4) is 0 Å². The number of rotatable bonds is 5. The van der Waals surface area contributed by atoms with Crippen molar-refractivity contribution in [3.8, 4) is 0 Å². The lowest BCUT2D eigenvalue weighted by Gasteiger charge is -2.40. The van der Waals surface area contributed by atoms with Crippen LogP contribution in [0.15, 0.2) is 66.7 Å². The van der Waals surface area contributed by atoms with E-state index in [9.17, 15) is 9.90 Å². The summed E-state index contributed by atoms with van der Waals surface area (Å²) in [5.74, 6) is -0.503. The van der Waals surface area contributed by atoms with E-state index in [0.717, 1.165) is 31.6 Å². The number of carbonyl (C=O) groups is 1. The third-order valence-electron chi connectivity index (χ3n) is 8.13. The van der Waals surface area contributed by atoms with Crippen LogP contribution < -0.4 is 10.2 Å². The van der Waals surface area contributed by atoms with Gasteiger partial charge < -0.3 is 15.3 Å². The zero-order valence-electron chi connectivity index (χ0n) is 22.1.